The van der Waals surface area contributed by atoms with E-state index in [9.17, 15) is 4.79 Å². The molecule has 1 unspecified atom stereocenters. The molecule has 0 aliphatic heterocycles. The third-order valence-electron chi connectivity index (χ3n) is 2.13. The Morgan fingerprint density at radius 2 is 2.18 bits per heavy atom. The van der Waals surface area contributed by atoms with Crippen molar-refractivity contribution in [2.75, 3.05) is 0 Å². The maximum absolute atomic E-state index is 10.8. The minimum atomic E-state index is -0.233. The van der Waals surface area contributed by atoms with E-state index in [4.69, 9.17) is 11.6 Å². The monoisotopic (exact) mass is 166 g/mol. The summed E-state index contributed by atoms with van der Waals surface area (Å²) in [6.45, 7) is 0. The van der Waals surface area contributed by atoms with Gasteiger partial charge >= 0.3 is 0 Å². The summed E-state index contributed by atoms with van der Waals surface area (Å²) in [7, 11) is 0. The summed E-state index contributed by atoms with van der Waals surface area (Å²) < 4.78 is 0. The first kappa shape index (κ1) is 6.86. The molecule has 0 heterocycles. The van der Waals surface area contributed by atoms with Crippen LogP contribution in [0, 0.1) is 0 Å². The van der Waals surface area contributed by atoms with Gasteiger partial charge in [-0.1, -0.05) is 24.3 Å². The van der Waals surface area contributed by atoms with Gasteiger partial charge in [-0.2, -0.15) is 0 Å². The molecule has 1 atom stereocenters. The van der Waals surface area contributed by atoms with Crippen LogP contribution in [0.4, 0.5) is 0 Å². The third kappa shape index (κ3) is 0.962. The zero-order valence-corrected chi connectivity index (χ0v) is 6.64. The summed E-state index contributed by atoms with van der Waals surface area (Å²) in [5.74, 6) is -0.0344. The molecule has 0 amide bonds. The van der Waals surface area contributed by atoms with E-state index in [1.165, 1.54) is 5.56 Å². The van der Waals surface area contributed by atoms with E-state index < -0.39 is 0 Å². The lowest BCUT2D eigenvalue weighted by atomic mass is 9.78. The van der Waals surface area contributed by atoms with Crippen LogP contribution >= 0.6 is 11.6 Å². The molecule has 56 valence electrons. The standard InChI is InChI=1S/C9H7ClO/c10-9(11)8-5-6-3-1-2-4-7(6)8/h1-4,8H,5H2. The molecule has 1 aromatic carbocycles. The summed E-state index contributed by atoms with van der Waals surface area (Å²) in [6.07, 6.45) is 0.818. The number of hydrogen-bond donors (Lipinski definition) is 0. The molecule has 11 heavy (non-hydrogen) atoms. The third-order valence-corrected chi connectivity index (χ3v) is 2.39. The van der Waals surface area contributed by atoms with Crippen LogP contribution in [-0.4, -0.2) is 5.24 Å². The van der Waals surface area contributed by atoms with Crippen LogP contribution in [0.15, 0.2) is 24.3 Å². The zero-order chi connectivity index (χ0) is 7.84. The molecule has 0 aromatic heterocycles. The fourth-order valence-corrected chi connectivity index (χ4v) is 1.66. The fraction of sp³-hybridized carbons (Fsp3) is 0.222. The van der Waals surface area contributed by atoms with Crippen molar-refractivity contribution in [1.29, 1.82) is 0 Å². The second kappa shape index (κ2) is 2.35. The smallest absolute Gasteiger partial charge is 0.229 e. The number of halogens is 1. The Hall–Kier alpha value is -0.820. The number of rotatable bonds is 1. The molecule has 0 spiro atoms. The Morgan fingerprint density at radius 3 is 2.82 bits per heavy atom. The Kier molecular flexibility index (Phi) is 1.46. The highest BCUT2D eigenvalue weighted by Gasteiger charge is 2.30. The van der Waals surface area contributed by atoms with Crippen molar-refractivity contribution in [3.05, 3.63) is 35.4 Å². The molecule has 2 heteroatoms. The molecule has 0 bridgehead atoms. The maximum atomic E-state index is 10.8. The summed E-state index contributed by atoms with van der Waals surface area (Å²) in [5, 5.41) is -0.233. The van der Waals surface area contributed by atoms with E-state index in [0.717, 1.165) is 12.0 Å². The predicted octanol–water partition coefficient (Wildman–Crippen LogP) is 2.09. The lowest BCUT2D eigenvalue weighted by molar-refractivity contribution is -0.113. The van der Waals surface area contributed by atoms with Gasteiger partial charge in [-0.25, -0.2) is 0 Å². The van der Waals surface area contributed by atoms with Gasteiger partial charge in [0.2, 0.25) is 5.24 Å². The highest BCUT2D eigenvalue weighted by Crippen LogP contribution is 2.35. The van der Waals surface area contributed by atoms with Gasteiger partial charge in [0, 0.05) is 0 Å². The topological polar surface area (TPSA) is 17.1 Å². The zero-order valence-electron chi connectivity index (χ0n) is 5.88. The summed E-state index contributed by atoms with van der Waals surface area (Å²) >= 11 is 5.37. The van der Waals surface area contributed by atoms with Crippen LogP contribution in [0.3, 0.4) is 0 Å². The number of carbonyl (C=O) groups is 1. The number of carbonyl (C=O) groups excluding carboxylic acids is 1. The highest BCUT2D eigenvalue weighted by atomic mass is 35.5. The van der Waals surface area contributed by atoms with E-state index in [1.54, 1.807) is 0 Å². The SMILES string of the molecule is O=C(Cl)C1Cc2ccccc21. The summed E-state index contributed by atoms with van der Waals surface area (Å²) in [5.41, 5.74) is 2.36. The normalized spacial score (nSPS) is 20.3. The predicted molar refractivity (Wildman–Crippen MR) is 43.7 cm³/mol. The van der Waals surface area contributed by atoms with Gasteiger partial charge in [0.05, 0.1) is 5.92 Å². The Labute approximate surface area is 70.0 Å². The molecule has 0 radical (unpaired) electrons. The van der Waals surface area contributed by atoms with Crippen LogP contribution < -0.4 is 0 Å². The van der Waals surface area contributed by atoms with E-state index in [1.807, 2.05) is 24.3 Å². The van der Waals surface area contributed by atoms with Gasteiger partial charge in [0.1, 0.15) is 0 Å². The molecule has 0 fully saturated rings. The van der Waals surface area contributed by atoms with Gasteiger partial charge in [0.15, 0.2) is 0 Å². The quantitative estimate of drug-likeness (QED) is 0.584. The van der Waals surface area contributed by atoms with Crippen molar-refractivity contribution >= 4 is 16.8 Å². The summed E-state index contributed by atoms with van der Waals surface area (Å²) in [4.78, 5) is 10.8. The van der Waals surface area contributed by atoms with Crippen LogP contribution in [0.5, 0.6) is 0 Å². The van der Waals surface area contributed by atoms with Crippen LogP contribution in [0.1, 0.15) is 17.0 Å². The van der Waals surface area contributed by atoms with Crippen LogP contribution in [0.2, 0.25) is 0 Å². The molecule has 0 N–H and O–H groups in total. The van der Waals surface area contributed by atoms with Crippen molar-refractivity contribution in [1.82, 2.24) is 0 Å². The largest absolute Gasteiger partial charge is 0.281 e. The Balaban J connectivity index is 2.36. The molecule has 1 aliphatic rings. The van der Waals surface area contributed by atoms with E-state index in [0.29, 0.717) is 0 Å². The first-order chi connectivity index (χ1) is 5.29. The number of fused-ring (bicyclic) bond motifs is 1. The summed E-state index contributed by atoms with van der Waals surface area (Å²) in [6, 6.07) is 7.91. The molecule has 1 aromatic rings. The van der Waals surface area contributed by atoms with Crippen LogP contribution in [0.25, 0.3) is 0 Å². The minimum Gasteiger partial charge on any atom is -0.281 e. The molecule has 0 saturated heterocycles. The lowest BCUT2D eigenvalue weighted by Crippen LogP contribution is -2.21. The molecular formula is C9H7ClO. The van der Waals surface area contributed by atoms with Gasteiger partial charge in [-0.3, -0.25) is 4.79 Å². The molecule has 1 nitrogen and oxygen atoms in total. The average molecular weight is 167 g/mol. The lowest BCUT2D eigenvalue weighted by Gasteiger charge is -2.26. The Morgan fingerprint density at radius 1 is 1.45 bits per heavy atom. The van der Waals surface area contributed by atoms with E-state index >= 15 is 0 Å². The second-order valence-corrected chi connectivity index (χ2v) is 3.13. The first-order valence-electron chi connectivity index (χ1n) is 3.56. The van der Waals surface area contributed by atoms with E-state index in [-0.39, 0.29) is 11.2 Å². The van der Waals surface area contributed by atoms with Crippen molar-refractivity contribution in [3.8, 4) is 0 Å². The molecule has 2 rings (SSSR count). The van der Waals surface area contributed by atoms with Gasteiger partial charge in [-0.05, 0) is 29.1 Å². The number of benzene rings is 1. The molecule has 0 saturated carbocycles. The van der Waals surface area contributed by atoms with E-state index in [2.05, 4.69) is 0 Å². The van der Waals surface area contributed by atoms with Crippen LogP contribution in [-0.2, 0) is 11.2 Å². The highest BCUT2D eigenvalue weighted by molar-refractivity contribution is 6.64. The first-order valence-corrected chi connectivity index (χ1v) is 3.94. The van der Waals surface area contributed by atoms with Gasteiger partial charge in [-0.15, -0.1) is 0 Å². The van der Waals surface area contributed by atoms with Crippen molar-refractivity contribution in [2.45, 2.75) is 12.3 Å². The van der Waals surface area contributed by atoms with Crippen molar-refractivity contribution in [3.63, 3.8) is 0 Å². The van der Waals surface area contributed by atoms with Gasteiger partial charge < -0.3 is 0 Å². The fourth-order valence-electron chi connectivity index (χ4n) is 1.46. The second-order valence-electron chi connectivity index (χ2n) is 2.76. The Bertz CT molecular complexity index is 306. The van der Waals surface area contributed by atoms with Crippen molar-refractivity contribution in [2.24, 2.45) is 0 Å². The molecular weight excluding hydrogens is 160 g/mol. The minimum absolute atomic E-state index is 0.0344. The van der Waals surface area contributed by atoms with Crippen molar-refractivity contribution < 1.29 is 4.79 Å². The van der Waals surface area contributed by atoms with Gasteiger partial charge in [0.25, 0.3) is 0 Å². The maximum Gasteiger partial charge on any atom is 0.229 e. The molecule has 1 aliphatic carbocycles. The average Bonchev–Trinajstić information content (AvgIpc) is 1.90. The number of hydrogen-bond acceptors (Lipinski definition) is 1.